The number of piperazine rings is 1. The number of para-hydroxylation sites is 2. The normalized spacial score (nSPS) is 15.1. The van der Waals surface area contributed by atoms with Crippen molar-refractivity contribution in [2.24, 2.45) is 0 Å². The molecule has 0 radical (unpaired) electrons. The third-order valence-corrected chi connectivity index (χ3v) is 6.92. The van der Waals surface area contributed by atoms with E-state index in [-0.39, 0.29) is 24.5 Å². The van der Waals surface area contributed by atoms with E-state index in [4.69, 9.17) is 21.1 Å². The molecule has 1 aliphatic heterocycles. The van der Waals surface area contributed by atoms with Crippen LogP contribution in [0.2, 0.25) is 5.02 Å². The highest BCUT2D eigenvalue weighted by atomic mass is 35.5. The summed E-state index contributed by atoms with van der Waals surface area (Å²) in [5.74, 6) is 0.970. The largest absolute Gasteiger partial charge is 0.495 e. The predicted octanol–water partition coefficient (Wildman–Crippen LogP) is 4.58. The average molecular weight is 535 g/mol. The first kappa shape index (κ1) is 25.7. The lowest BCUT2D eigenvalue weighted by molar-refractivity contribution is -0.118. The Balaban J connectivity index is 1.27. The van der Waals surface area contributed by atoms with E-state index in [2.05, 4.69) is 26.5 Å². The molecule has 198 valence electrons. The lowest BCUT2D eigenvalue weighted by Crippen LogP contribution is -2.47. The lowest BCUT2D eigenvalue weighted by Gasteiger charge is -2.38. The average Bonchev–Trinajstić information content (AvgIpc) is 3.77. The van der Waals surface area contributed by atoms with Gasteiger partial charge >= 0.3 is 0 Å². The maximum atomic E-state index is 13.2. The third-order valence-electron chi connectivity index (χ3n) is 6.67. The van der Waals surface area contributed by atoms with Gasteiger partial charge in [-0.2, -0.15) is 0 Å². The molecule has 0 atom stereocenters. The zero-order valence-electron chi connectivity index (χ0n) is 21.3. The summed E-state index contributed by atoms with van der Waals surface area (Å²) in [4.78, 5) is 30.3. The molecule has 9 heteroatoms. The van der Waals surface area contributed by atoms with Crippen LogP contribution >= 0.6 is 11.6 Å². The van der Waals surface area contributed by atoms with Gasteiger partial charge in [-0.05, 0) is 67.4 Å². The lowest BCUT2D eigenvalue weighted by atomic mass is 10.1. The first-order valence-electron chi connectivity index (χ1n) is 12.8. The summed E-state index contributed by atoms with van der Waals surface area (Å²) in [5.41, 5.74) is 3.03. The smallest absolute Gasteiger partial charge is 0.262 e. The molecule has 5 rings (SSSR count). The van der Waals surface area contributed by atoms with Gasteiger partial charge in [0.2, 0.25) is 0 Å². The van der Waals surface area contributed by atoms with Gasteiger partial charge in [0.15, 0.2) is 6.61 Å². The van der Waals surface area contributed by atoms with E-state index in [0.29, 0.717) is 22.0 Å². The molecule has 2 aliphatic rings. The van der Waals surface area contributed by atoms with E-state index < -0.39 is 0 Å². The standard InChI is InChI=1S/C29H31ClN4O4/c1-37-27-5-3-2-4-26(27)34-16-14-33(15-17-34)25-13-10-22(18-24(25)29(36)32-21-8-9-21)31-28(35)19-38-23-11-6-20(30)7-12-23/h2-7,10-13,18,21H,8-9,14-17,19H2,1H3,(H,31,35)(H,32,36). The molecule has 0 spiro atoms. The maximum Gasteiger partial charge on any atom is 0.262 e. The van der Waals surface area contributed by atoms with Crippen molar-refractivity contribution in [2.45, 2.75) is 18.9 Å². The topological polar surface area (TPSA) is 83.1 Å². The van der Waals surface area contributed by atoms with E-state index in [1.165, 1.54) is 0 Å². The molecule has 1 aliphatic carbocycles. The summed E-state index contributed by atoms with van der Waals surface area (Å²) < 4.78 is 11.1. The second-order valence-corrected chi connectivity index (χ2v) is 9.85. The number of methoxy groups -OCH3 is 1. The molecule has 3 aromatic rings. The van der Waals surface area contributed by atoms with Gasteiger partial charge in [-0.3, -0.25) is 9.59 Å². The number of rotatable bonds is 9. The van der Waals surface area contributed by atoms with Gasteiger partial charge in [-0.1, -0.05) is 23.7 Å². The predicted molar refractivity (Wildman–Crippen MR) is 150 cm³/mol. The Bertz CT molecular complexity index is 1290. The number of carbonyl (C=O) groups is 2. The van der Waals surface area contributed by atoms with Crippen LogP contribution in [0.15, 0.2) is 66.7 Å². The molecule has 2 fully saturated rings. The second kappa shape index (κ2) is 11.6. The van der Waals surface area contributed by atoms with Crippen LogP contribution in [-0.2, 0) is 4.79 Å². The number of ether oxygens (including phenoxy) is 2. The summed E-state index contributed by atoms with van der Waals surface area (Å²) in [6, 6.07) is 20.5. The van der Waals surface area contributed by atoms with E-state index in [1.807, 2.05) is 30.3 Å². The van der Waals surface area contributed by atoms with E-state index >= 15 is 0 Å². The molecule has 8 nitrogen and oxygen atoms in total. The highest BCUT2D eigenvalue weighted by Crippen LogP contribution is 2.31. The fourth-order valence-corrected chi connectivity index (χ4v) is 4.64. The van der Waals surface area contributed by atoms with Gasteiger partial charge < -0.3 is 29.9 Å². The molecular formula is C29H31ClN4O4. The number of halogens is 1. The molecule has 38 heavy (non-hydrogen) atoms. The third kappa shape index (κ3) is 6.31. The maximum absolute atomic E-state index is 13.2. The number of carbonyl (C=O) groups excluding carboxylic acids is 2. The first-order chi connectivity index (χ1) is 18.5. The Hall–Kier alpha value is -3.91. The van der Waals surface area contributed by atoms with Crippen molar-refractivity contribution < 1.29 is 19.1 Å². The minimum absolute atomic E-state index is 0.122. The summed E-state index contributed by atoms with van der Waals surface area (Å²) in [5, 5.41) is 6.54. The Labute approximate surface area is 227 Å². The van der Waals surface area contributed by atoms with Crippen LogP contribution in [0.25, 0.3) is 0 Å². The summed E-state index contributed by atoms with van der Waals surface area (Å²) in [6.45, 7) is 2.94. The number of anilines is 3. The number of nitrogens with one attached hydrogen (secondary N) is 2. The van der Waals surface area contributed by atoms with Gasteiger partial charge in [0.1, 0.15) is 11.5 Å². The fourth-order valence-electron chi connectivity index (χ4n) is 4.52. The van der Waals surface area contributed by atoms with E-state index in [0.717, 1.165) is 56.1 Å². The van der Waals surface area contributed by atoms with Crippen LogP contribution in [0.1, 0.15) is 23.2 Å². The van der Waals surface area contributed by atoms with Crippen molar-refractivity contribution in [3.63, 3.8) is 0 Å². The van der Waals surface area contributed by atoms with Gasteiger partial charge in [-0.15, -0.1) is 0 Å². The molecule has 1 saturated heterocycles. The van der Waals surface area contributed by atoms with E-state index in [1.54, 1.807) is 37.4 Å². The number of hydrogen-bond donors (Lipinski definition) is 2. The molecule has 1 saturated carbocycles. The van der Waals surface area contributed by atoms with Crippen LogP contribution < -0.4 is 29.9 Å². The van der Waals surface area contributed by atoms with Crippen molar-refractivity contribution in [2.75, 3.05) is 55.0 Å². The van der Waals surface area contributed by atoms with Crippen LogP contribution in [-0.4, -0.2) is 57.8 Å². The first-order valence-corrected chi connectivity index (χ1v) is 13.1. The summed E-state index contributed by atoms with van der Waals surface area (Å²) in [7, 11) is 1.68. The Morgan fingerprint density at radius 3 is 2.29 bits per heavy atom. The van der Waals surface area contributed by atoms with Crippen LogP contribution in [0, 0.1) is 0 Å². The zero-order valence-corrected chi connectivity index (χ0v) is 22.0. The van der Waals surface area contributed by atoms with Gasteiger partial charge in [-0.25, -0.2) is 0 Å². The minimum atomic E-state index is -0.313. The van der Waals surface area contributed by atoms with Gasteiger partial charge in [0.25, 0.3) is 11.8 Å². The summed E-state index contributed by atoms with van der Waals surface area (Å²) >= 11 is 5.90. The molecule has 0 aromatic heterocycles. The second-order valence-electron chi connectivity index (χ2n) is 9.42. The van der Waals surface area contributed by atoms with E-state index in [9.17, 15) is 9.59 Å². The Morgan fingerprint density at radius 2 is 1.61 bits per heavy atom. The van der Waals surface area contributed by atoms with Crippen molar-refractivity contribution in [1.82, 2.24) is 5.32 Å². The molecule has 0 bridgehead atoms. The van der Waals surface area contributed by atoms with Crippen molar-refractivity contribution in [3.8, 4) is 11.5 Å². The van der Waals surface area contributed by atoms with Crippen LogP contribution in [0.4, 0.5) is 17.1 Å². The molecule has 2 amide bonds. The van der Waals surface area contributed by atoms with Crippen LogP contribution in [0.3, 0.4) is 0 Å². The molecule has 2 N–H and O–H groups in total. The fraction of sp³-hybridized carbons (Fsp3) is 0.310. The number of benzene rings is 3. The van der Waals surface area contributed by atoms with Crippen molar-refractivity contribution in [1.29, 1.82) is 0 Å². The molecule has 0 unspecified atom stereocenters. The molecular weight excluding hydrogens is 504 g/mol. The Morgan fingerprint density at radius 1 is 0.921 bits per heavy atom. The monoisotopic (exact) mass is 534 g/mol. The highest BCUT2D eigenvalue weighted by molar-refractivity contribution is 6.30. The highest BCUT2D eigenvalue weighted by Gasteiger charge is 2.28. The number of nitrogens with zero attached hydrogens (tertiary/aromatic N) is 2. The van der Waals surface area contributed by atoms with Crippen molar-refractivity contribution >= 4 is 40.5 Å². The van der Waals surface area contributed by atoms with Crippen molar-refractivity contribution in [3.05, 3.63) is 77.3 Å². The quantitative estimate of drug-likeness (QED) is 0.418. The zero-order chi connectivity index (χ0) is 26.5. The number of hydrogen-bond acceptors (Lipinski definition) is 6. The Kier molecular flexibility index (Phi) is 7.89. The molecule has 3 aromatic carbocycles. The van der Waals surface area contributed by atoms with Gasteiger partial charge in [0, 0.05) is 48.6 Å². The SMILES string of the molecule is COc1ccccc1N1CCN(c2ccc(NC(=O)COc3ccc(Cl)cc3)cc2C(=O)NC2CC2)CC1. The number of amides is 2. The minimum Gasteiger partial charge on any atom is -0.495 e. The molecule has 1 heterocycles. The summed E-state index contributed by atoms with van der Waals surface area (Å²) in [6.07, 6.45) is 1.99. The van der Waals surface area contributed by atoms with Gasteiger partial charge in [0.05, 0.1) is 18.4 Å². The van der Waals surface area contributed by atoms with Crippen LogP contribution in [0.5, 0.6) is 11.5 Å².